The molecule has 0 amide bonds. The first kappa shape index (κ1) is 23.8. The minimum Gasteiger partial charge on any atom is -0.508 e. The van der Waals surface area contributed by atoms with Crippen molar-refractivity contribution in [2.24, 2.45) is 0 Å². The Balaban J connectivity index is 1.34. The number of fused-ring (bicyclic) bond motifs is 1. The highest BCUT2D eigenvalue weighted by atomic mass is 35.5. The Hall–Kier alpha value is -2.88. The Bertz CT molecular complexity index is 1200. The molecule has 184 valence electrons. The van der Waals surface area contributed by atoms with Crippen molar-refractivity contribution in [1.29, 1.82) is 0 Å². The highest BCUT2D eigenvalue weighted by Gasteiger charge is 2.29. The number of rotatable bonds is 7. The summed E-state index contributed by atoms with van der Waals surface area (Å²) in [6, 6.07) is 14.5. The first-order valence-electron chi connectivity index (χ1n) is 11.7. The van der Waals surface area contributed by atoms with Crippen molar-refractivity contribution in [3.05, 3.63) is 64.8 Å². The van der Waals surface area contributed by atoms with Crippen LogP contribution in [-0.2, 0) is 23.6 Å². The third-order valence-electron chi connectivity index (χ3n) is 6.41. The summed E-state index contributed by atoms with van der Waals surface area (Å²) < 4.78 is 12.7. The van der Waals surface area contributed by atoms with Crippen LogP contribution in [0.2, 0.25) is 5.02 Å². The summed E-state index contributed by atoms with van der Waals surface area (Å²) in [6.45, 7) is 3.08. The van der Waals surface area contributed by atoms with Gasteiger partial charge in [0.15, 0.2) is 0 Å². The van der Waals surface area contributed by atoms with Gasteiger partial charge >= 0.3 is 0 Å². The molecule has 0 bridgehead atoms. The predicted molar refractivity (Wildman–Crippen MR) is 139 cm³/mol. The van der Waals surface area contributed by atoms with E-state index in [1.807, 2.05) is 36.4 Å². The standard InChI is InChI=1S/C25H28ClN5O3S/c26-18-3-5-20(6-4-18)30-10-12-31(13-11-30)25-28-22-9-14-35(34)23(22)24(29-25)27-19(16-32)15-17-1-7-21(33)8-2-17/h1-8,19,32-33H,9-16H2,(H,27,28,29)/t19?,35-/m1/s1. The summed E-state index contributed by atoms with van der Waals surface area (Å²) in [5, 5.41) is 23.6. The minimum absolute atomic E-state index is 0.110. The van der Waals surface area contributed by atoms with E-state index in [0.717, 1.165) is 48.1 Å². The Labute approximate surface area is 212 Å². The monoisotopic (exact) mass is 513 g/mol. The van der Waals surface area contributed by atoms with Gasteiger partial charge in [0, 0.05) is 49.1 Å². The van der Waals surface area contributed by atoms with Crippen LogP contribution in [0.4, 0.5) is 17.5 Å². The fourth-order valence-corrected chi connectivity index (χ4v) is 5.95. The number of halogens is 1. The van der Waals surface area contributed by atoms with E-state index in [1.165, 1.54) is 0 Å². The van der Waals surface area contributed by atoms with Gasteiger partial charge in [0.2, 0.25) is 5.95 Å². The van der Waals surface area contributed by atoms with Gasteiger partial charge in [0.05, 0.1) is 29.1 Å². The van der Waals surface area contributed by atoms with Crippen LogP contribution < -0.4 is 15.1 Å². The summed E-state index contributed by atoms with van der Waals surface area (Å²) in [7, 11) is -1.16. The van der Waals surface area contributed by atoms with Crippen LogP contribution in [0.15, 0.2) is 53.4 Å². The van der Waals surface area contributed by atoms with Crippen molar-refractivity contribution in [2.75, 3.05) is 53.7 Å². The lowest BCUT2D eigenvalue weighted by Gasteiger charge is -2.36. The average Bonchev–Trinajstić information content (AvgIpc) is 3.26. The number of aromatic hydroxyl groups is 1. The van der Waals surface area contributed by atoms with Gasteiger partial charge in [-0.1, -0.05) is 23.7 Å². The number of hydrogen-bond donors (Lipinski definition) is 3. The molecule has 0 saturated carbocycles. The number of phenols is 1. The first-order chi connectivity index (χ1) is 17.0. The number of aliphatic hydroxyl groups is 1. The third-order valence-corrected chi connectivity index (χ3v) is 8.12. The number of anilines is 3. The van der Waals surface area contributed by atoms with Crippen LogP contribution >= 0.6 is 11.6 Å². The van der Waals surface area contributed by atoms with Gasteiger partial charge < -0.3 is 25.3 Å². The molecule has 5 rings (SSSR count). The molecule has 2 aromatic carbocycles. The number of nitrogens with one attached hydrogen (secondary N) is 1. The Morgan fingerprint density at radius 1 is 1.00 bits per heavy atom. The molecule has 2 atom stereocenters. The van der Waals surface area contributed by atoms with Crippen LogP contribution in [0, 0.1) is 0 Å². The number of aryl methyl sites for hydroxylation is 1. The van der Waals surface area contributed by atoms with Crippen LogP contribution in [0.3, 0.4) is 0 Å². The maximum Gasteiger partial charge on any atom is 0.227 e. The highest BCUT2D eigenvalue weighted by molar-refractivity contribution is 7.85. The van der Waals surface area contributed by atoms with Crippen molar-refractivity contribution >= 4 is 39.9 Å². The van der Waals surface area contributed by atoms with Gasteiger partial charge in [-0.15, -0.1) is 0 Å². The summed E-state index contributed by atoms with van der Waals surface area (Å²) in [5.41, 5.74) is 2.93. The molecule has 2 aliphatic heterocycles. The molecule has 8 nitrogen and oxygen atoms in total. The predicted octanol–water partition coefficient (Wildman–Crippen LogP) is 2.84. The van der Waals surface area contributed by atoms with Crippen LogP contribution in [0.1, 0.15) is 11.3 Å². The molecule has 10 heteroatoms. The molecule has 1 aromatic heterocycles. The van der Waals surface area contributed by atoms with Crippen LogP contribution in [-0.4, -0.2) is 69.0 Å². The summed E-state index contributed by atoms with van der Waals surface area (Å²) >= 11 is 6.03. The lowest BCUT2D eigenvalue weighted by Crippen LogP contribution is -2.47. The maximum atomic E-state index is 12.7. The second kappa shape index (κ2) is 10.4. The van der Waals surface area contributed by atoms with Crippen molar-refractivity contribution in [3.63, 3.8) is 0 Å². The molecule has 2 aliphatic rings. The van der Waals surface area contributed by atoms with E-state index in [2.05, 4.69) is 15.1 Å². The van der Waals surface area contributed by atoms with Gasteiger partial charge in [0.1, 0.15) is 16.5 Å². The third kappa shape index (κ3) is 5.37. The molecule has 0 aliphatic carbocycles. The Morgan fingerprint density at radius 2 is 1.69 bits per heavy atom. The number of benzene rings is 2. The van der Waals surface area contributed by atoms with Crippen LogP contribution in [0.5, 0.6) is 5.75 Å². The second-order valence-electron chi connectivity index (χ2n) is 8.79. The Morgan fingerprint density at radius 3 is 2.37 bits per heavy atom. The molecule has 3 N–H and O–H groups in total. The molecule has 35 heavy (non-hydrogen) atoms. The minimum atomic E-state index is -1.16. The molecule has 3 heterocycles. The summed E-state index contributed by atoms with van der Waals surface area (Å²) in [5.74, 6) is 1.90. The highest BCUT2D eigenvalue weighted by Crippen LogP contribution is 2.31. The molecule has 3 aromatic rings. The van der Waals surface area contributed by atoms with Gasteiger partial charge in [0.25, 0.3) is 0 Å². The Kier molecular flexibility index (Phi) is 7.08. The lowest BCUT2D eigenvalue weighted by atomic mass is 10.1. The quantitative estimate of drug-likeness (QED) is 0.443. The number of piperazine rings is 1. The maximum absolute atomic E-state index is 12.7. The first-order valence-corrected chi connectivity index (χ1v) is 13.4. The van der Waals surface area contributed by atoms with Crippen LogP contribution in [0.25, 0.3) is 0 Å². The van der Waals surface area contributed by atoms with Crippen molar-refractivity contribution < 1.29 is 14.4 Å². The normalized spacial score (nSPS) is 18.4. The average molecular weight is 514 g/mol. The fourth-order valence-electron chi connectivity index (χ4n) is 4.51. The zero-order valence-corrected chi connectivity index (χ0v) is 20.8. The van der Waals surface area contributed by atoms with Gasteiger partial charge in [-0.2, -0.15) is 4.98 Å². The molecule has 0 radical (unpaired) electrons. The molecular weight excluding hydrogens is 486 g/mol. The van der Waals surface area contributed by atoms with E-state index in [1.54, 1.807) is 12.1 Å². The molecule has 0 spiro atoms. The SMILES string of the molecule is O=[S@@]1CCc2nc(N3CCN(c4ccc(Cl)cc4)CC3)nc(NC(CO)Cc3ccc(O)cc3)c21. The fraction of sp³-hybridized carbons (Fsp3) is 0.360. The largest absolute Gasteiger partial charge is 0.508 e. The summed E-state index contributed by atoms with van der Waals surface area (Å²) in [6.07, 6.45) is 1.19. The zero-order chi connectivity index (χ0) is 24.4. The van der Waals surface area contributed by atoms with Gasteiger partial charge in [-0.3, -0.25) is 4.21 Å². The van der Waals surface area contributed by atoms with Crippen molar-refractivity contribution in [3.8, 4) is 5.75 Å². The van der Waals surface area contributed by atoms with E-state index in [4.69, 9.17) is 21.6 Å². The number of phenolic OH excluding ortho intramolecular Hbond substituents is 1. The molecule has 1 unspecified atom stereocenters. The smallest absolute Gasteiger partial charge is 0.227 e. The van der Waals surface area contributed by atoms with E-state index in [-0.39, 0.29) is 18.4 Å². The van der Waals surface area contributed by atoms with Gasteiger partial charge in [-0.05, 0) is 48.4 Å². The van der Waals surface area contributed by atoms with E-state index in [0.29, 0.717) is 35.3 Å². The number of hydrogen-bond acceptors (Lipinski definition) is 8. The summed E-state index contributed by atoms with van der Waals surface area (Å²) in [4.78, 5) is 14.7. The molecular formula is C25H28ClN5O3S. The second-order valence-corrected chi connectivity index (χ2v) is 10.7. The molecule has 1 fully saturated rings. The number of aliphatic hydroxyl groups excluding tert-OH is 1. The number of aromatic nitrogens is 2. The number of nitrogens with zero attached hydrogens (tertiary/aromatic N) is 4. The van der Waals surface area contributed by atoms with E-state index in [9.17, 15) is 14.4 Å². The van der Waals surface area contributed by atoms with E-state index >= 15 is 0 Å². The lowest BCUT2D eigenvalue weighted by molar-refractivity contribution is 0.273. The van der Waals surface area contributed by atoms with Crippen molar-refractivity contribution in [2.45, 2.75) is 23.8 Å². The van der Waals surface area contributed by atoms with Gasteiger partial charge in [-0.25, -0.2) is 4.98 Å². The molecule has 1 saturated heterocycles. The van der Waals surface area contributed by atoms with E-state index < -0.39 is 10.8 Å². The topological polar surface area (TPSA) is 102 Å². The zero-order valence-electron chi connectivity index (χ0n) is 19.2. The van der Waals surface area contributed by atoms with Crippen molar-refractivity contribution in [1.82, 2.24) is 9.97 Å².